The average Bonchev–Trinajstić information content (AvgIpc) is 3.02. The Morgan fingerprint density at radius 3 is 2.31 bits per heavy atom. The number of amides is 1. The number of alkyl halides is 3. The van der Waals surface area contributed by atoms with Crippen molar-refractivity contribution in [3.8, 4) is 5.75 Å². The second-order valence-electron chi connectivity index (χ2n) is 8.31. The summed E-state index contributed by atoms with van der Waals surface area (Å²) in [5.41, 5.74) is 4.88. The number of aliphatic imine (C=N–C) groups is 2. The number of rotatable bonds is 5. The quantitative estimate of drug-likeness (QED) is 0.392. The molecule has 3 aromatic carbocycles. The first kappa shape index (κ1) is 25.5. The number of hydrogen-bond acceptors (Lipinski definition) is 5. The average molecular weight is 512 g/mol. The van der Waals surface area contributed by atoms with Gasteiger partial charge in [0.15, 0.2) is 0 Å². The molecular weight excluding hydrogens is 487 g/mol. The Morgan fingerprint density at radius 2 is 1.67 bits per heavy atom. The molecule has 1 heterocycles. The molecule has 0 bridgehead atoms. The van der Waals surface area contributed by atoms with Crippen LogP contribution in [0.25, 0.3) is 0 Å². The van der Waals surface area contributed by atoms with Crippen LogP contribution in [0, 0.1) is 13.8 Å². The van der Waals surface area contributed by atoms with E-state index >= 15 is 0 Å². The summed E-state index contributed by atoms with van der Waals surface area (Å²) >= 11 is 1.27. The Bertz CT molecular complexity index is 1350. The van der Waals surface area contributed by atoms with Gasteiger partial charge in [0.25, 0.3) is 0 Å². The Balaban J connectivity index is 1.54. The van der Waals surface area contributed by atoms with Crippen molar-refractivity contribution in [2.45, 2.75) is 26.4 Å². The fraction of sp³-hybridized carbons (Fsp3) is 0.222. The number of anilines is 1. The minimum Gasteiger partial charge on any atom is -0.497 e. The number of benzene rings is 3. The molecule has 9 heteroatoms. The van der Waals surface area contributed by atoms with Gasteiger partial charge in [0.2, 0.25) is 5.91 Å². The molecule has 1 N–H and O–H groups in total. The number of nitrogens with zero attached hydrogens (tertiary/aromatic N) is 2. The summed E-state index contributed by atoms with van der Waals surface area (Å²) in [7, 11) is 1.60. The lowest BCUT2D eigenvalue weighted by atomic mass is 10.1. The zero-order valence-electron chi connectivity index (χ0n) is 19.9. The largest absolute Gasteiger partial charge is 0.497 e. The summed E-state index contributed by atoms with van der Waals surface area (Å²) in [4.78, 5) is 22.3. The van der Waals surface area contributed by atoms with E-state index in [1.54, 1.807) is 7.11 Å². The Hall–Kier alpha value is -3.59. The van der Waals surface area contributed by atoms with E-state index in [4.69, 9.17) is 14.7 Å². The number of ether oxygens (including phenoxy) is 1. The number of fused-ring (bicyclic) bond motifs is 1. The lowest BCUT2D eigenvalue weighted by Crippen LogP contribution is -2.16. The Kier molecular flexibility index (Phi) is 7.49. The first-order chi connectivity index (χ1) is 17.1. The van der Waals surface area contributed by atoms with E-state index in [-0.39, 0.29) is 11.7 Å². The molecule has 36 heavy (non-hydrogen) atoms. The van der Waals surface area contributed by atoms with E-state index < -0.39 is 11.7 Å². The van der Waals surface area contributed by atoms with Crippen LogP contribution in [0.3, 0.4) is 0 Å². The monoisotopic (exact) mass is 511 g/mol. The molecule has 0 saturated heterocycles. The molecule has 0 unspecified atom stereocenters. The molecular formula is C27H24F3N3O2S. The van der Waals surface area contributed by atoms with Crippen LogP contribution in [0.5, 0.6) is 5.75 Å². The lowest BCUT2D eigenvalue weighted by molar-refractivity contribution is -0.137. The van der Waals surface area contributed by atoms with Gasteiger partial charge in [-0.2, -0.15) is 13.2 Å². The van der Waals surface area contributed by atoms with Gasteiger partial charge in [0.1, 0.15) is 5.75 Å². The third-order valence-corrected chi connectivity index (χ3v) is 6.65. The van der Waals surface area contributed by atoms with Crippen molar-refractivity contribution in [3.63, 3.8) is 0 Å². The first-order valence-corrected chi connectivity index (χ1v) is 12.1. The van der Waals surface area contributed by atoms with Crippen LogP contribution in [0.4, 0.5) is 30.2 Å². The molecule has 0 saturated carbocycles. The van der Waals surface area contributed by atoms with Gasteiger partial charge >= 0.3 is 6.18 Å². The summed E-state index contributed by atoms with van der Waals surface area (Å²) in [5, 5.41) is 3.35. The standard InChI is InChI=1S/C27H24F3N3O2S/c1-16-11-23-24(12-17(16)2)33-26(14-22(32-23)18-5-4-6-21(13-18)35-3)36-15-25(34)31-20-9-7-19(8-10-20)27(28,29)30/h4-13H,14-15H2,1-3H3,(H,31,34). The van der Waals surface area contributed by atoms with Gasteiger partial charge in [0, 0.05) is 17.7 Å². The van der Waals surface area contributed by atoms with Crippen molar-refractivity contribution < 1.29 is 22.7 Å². The maximum absolute atomic E-state index is 12.8. The van der Waals surface area contributed by atoms with E-state index in [9.17, 15) is 18.0 Å². The van der Waals surface area contributed by atoms with Crippen LogP contribution < -0.4 is 10.1 Å². The molecule has 0 aromatic heterocycles. The highest BCUT2D eigenvalue weighted by Gasteiger charge is 2.30. The van der Waals surface area contributed by atoms with E-state index in [1.807, 2.05) is 50.2 Å². The topological polar surface area (TPSA) is 63.1 Å². The number of nitrogens with one attached hydrogen (secondary N) is 1. The summed E-state index contributed by atoms with van der Waals surface area (Å²) in [6.07, 6.45) is -4.01. The zero-order chi connectivity index (χ0) is 25.9. The van der Waals surface area contributed by atoms with Crippen molar-refractivity contribution in [1.82, 2.24) is 0 Å². The molecule has 4 rings (SSSR count). The zero-order valence-corrected chi connectivity index (χ0v) is 20.8. The molecule has 1 amide bonds. The van der Waals surface area contributed by atoms with E-state index in [0.717, 1.165) is 45.9 Å². The van der Waals surface area contributed by atoms with Crippen LogP contribution in [-0.4, -0.2) is 29.5 Å². The summed E-state index contributed by atoms with van der Waals surface area (Å²) < 4.78 is 43.7. The maximum atomic E-state index is 12.8. The number of thioether (sulfide) groups is 1. The second kappa shape index (κ2) is 10.6. The second-order valence-corrected chi connectivity index (χ2v) is 9.36. The molecule has 0 spiro atoms. The van der Waals surface area contributed by atoms with Gasteiger partial charge in [-0.3, -0.25) is 9.79 Å². The smallest absolute Gasteiger partial charge is 0.416 e. The summed E-state index contributed by atoms with van der Waals surface area (Å²) in [6, 6.07) is 15.9. The van der Waals surface area contributed by atoms with E-state index in [0.29, 0.717) is 22.9 Å². The third kappa shape index (κ3) is 6.15. The number of hydrogen-bond donors (Lipinski definition) is 1. The molecule has 1 aliphatic rings. The number of methoxy groups -OCH3 is 1. The van der Waals surface area contributed by atoms with Gasteiger partial charge < -0.3 is 10.1 Å². The molecule has 0 aliphatic carbocycles. The third-order valence-electron chi connectivity index (χ3n) is 5.68. The van der Waals surface area contributed by atoms with Crippen molar-refractivity contribution in [3.05, 3.63) is 82.9 Å². The van der Waals surface area contributed by atoms with E-state index in [2.05, 4.69) is 5.32 Å². The molecule has 1 aliphatic heterocycles. The van der Waals surface area contributed by atoms with Crippen LogP contribution >= 0.6 is 11.8 Å². The van der Waals surface area contributed by atoms with Crippen LogP contribution in [0.1, 0.15) is 28.7 Å². The van der Waals surface area contributed by atoms with Gasteiger partial charge in [-0.05, 0) is 73.5 Å². The van der Waals surface area contributed by atoms with E-state index in [1.165, 1.54) is 23.9 Å². The number of carbonyl (C=O) groups excluding carboxylic acids is 1. The van der Waals surface area contributed by atoms with Crippen molar-refractivity contribution in [1.29, 1.82) is 0 Å². The number of carbonyl (C=O) groups is 1. The molecule has 186 valence electrons. The highest BCUT2D eigenvalue weighted by atomic mass is 32.2. The minimum atomic E-state index is -4.43. The fourth-order valence-corrected chi connectivity index (χ4v) is 4.38. The molecule has 3 aromatic rings. The Labute approximate surface area is 211 Å². The van der Waals surface area contributed by atoms with Gasteiger partial charge in [0.05, 0.1) is 40.6 Å². The van der Waals surface area contributed by atoms with Crippen LogP contribution in [0.2, 0.25) is 0 Å². The maximum Gasteiger partial charge on any atom is 0.416 e. The molecule has 0 radical (unpaired) electrons. The van der Waals surface area contributed by atoms with Gasteiger partial charge in [-0.25, -0.2) is 4.99 Å². The number of halogens is 3. The van der Waals surface area contributed by atoms with Crippen molar-refractivity contribution >= 4 is 45.5 Å². The summed E-state index contributed by atoms with van der Waals surface area (Å²) in [5.74, 6) is 0.416. The Morgan fingerprint density at radius 1 is 1.00 bits per heavy atom. The molecule has 0 atom stereocenters. The minimum absolute atomic E-state index is 0.0470. The molecule has 5 nitrogen and oxygen atoms in total. The van der Waals surface area contributed by atoms with Gasteiger partial charge in [-0.1, -0.05) is 12.1 Å². The van der Waals surface area contributed by atoms with Crippen molar-refractivity contribution in [2.75, 3.05) is 18.2 Å². The predicted molar refractivity (Wildman–Crippen MR) is 139 cm³/mol. The van der Waals surface area contributed by atoms with Crippen LogP contribution in [-0.2, 0) is 11.0 Å². The lowest BCUT2D eigenvalue weighted by Gasteiger charge is -2.10. The fourth-order valence-electron chi connectivity index (χ4n) is 3.61. The number of aryl methyl sites for hydroxylation is 2. The highest BCUT2D eigenvalue weighted by Crippen LogP contribution is 2.36. The SMILES string of the molecule is COc1cccc(C2=Nc3cc(C)c(C)cc3N=C(SCC(=O)Nc3ccc(C(F)(F)F)cc3)C2)c1. The predicted octanol–water partition coefficient (Wildman–Crippen LogP) is 7.26. The molecule has 0 fully saturated rings. The van der Waals surface area contributed by atoms with Crippen molar-refractivity contribution in [2.24, 2.45) is 9.98 Å². The normalized spacial score (nSPS) is 13.3. The summed E-state index contributed by atoms with van der Waals surface area (Å²) in [6.45, 7) is 4.03. The first-order valence-electron chi connectivity index (χ1n) is 11.1. The van der Waals surface area contributed by atoms with Crippen LogP contribution in [0.15, 0.2) is 70.6 Å². The van der Waals surface area contributed by atoms with Gasteiger partial charge in [-0.15, -0.1) is 11.8 Å². The highest BCUT2D eigenvalue weighted by molar-refractivity contribution is 8.14.